The standard InChI is InChI=1S/C12H13Cl2NO4/c1-18-11(17)4-3-10(16)15-9-6-7(13)5-8(14)12(9)19-2/h5-6H,3-4H2,1-2H3,(H,15,16). The fourth-order valence-electron chi connectivity index (χ4n) is 1.39. The van der Waals surface area contributed by atoms with Crippen LogP contribution in [0.15, 0.2) is 12.1 Å². The van der Waals surface area contributed by atoms with Crippen LogP contribution in [-0.4, -0.2) is 26.1 Å². The van der Waals surface area contributed by atoms with E-state index in [2.05, 4.69) is 10.1 Å². The Morgan fingerprint density at radius 2 is 1.89 bits per heavy atom. The third-order valence-electron chi connectivity index (χ3n) is 2.27. The lowest BCUT2D eigenvalue weighted by atomic mass is 10.2. The second-order valence-corrected chi connectivity index (χ2v) is 4.44. The summed E-state index contributed by atoms with van der Waals surface area (Å²) in [7, 11) is 2.69. The molecule has 1 aromatic rings. The second-order valence-electron chi connectivity index (χ2n) is 3.59. The Morgan fingerprint density at radius 3 is 2.47 bits per heavy atom. The third-order valence-corrected chi connectivity index (χ3v) is 2.77. The molecule has 0 heterocycles. The van der Waals surface area contributed by atoms with Gasteiger partial charge in [-0.25, -0.2) is 0 Å². The molecule has 0 saturated carbocycles. The fraction of sp³-hybridized carbons (Fsp3) is 0.333. The fourth-order valence-corrected chi connectivity index (χ4v) is 1.96. The Morgan fingerprint density at radius 1 is 1.21 bits per heavy atom. The predicted octanol–water partition coefficient (Wildman–Crippen LogP) is 2.89. The number of rotatable bonds is 5. The van der Waals surface area contributed by atoms with Gasteiger partial charge in [0.15, 0.2) is 5.75 Å². The van der Waals surface area contributed by atoms with Crippen LogP contribution in [0.3, 0.4) is 0 Å². The summed E-state index contributed by atoms with van der Waals surface area (Å²) < 4.78 is 9.53. The number of halogens is 2. The van der Waals surface area contributed by atoms with Crippen molar-refractivity contribution >= 4 is 40.8 Å². The van der Waals surface area contributed by atoms with Gasteiger partial charge in [-0.15, -0.1) is 0 Å². The first-order valence-electron chi connectivity index (χ1n) is 5.37. The highest BCUT2D eigenvalue weighted by molar-refractivity contribution is 6.36. The number of nitrogens with one attached hydrogen (secondary N) is 1. The molecule has 1 N–H and O–H groups in total. The van der Waals surface area contributed by atoms with Gasteiger partial charge in [0.25, 0.3) is 0 Å². The van der Waals surface area contributed by atoms with Crippen molar-refractivity contribution in [2.45, 2.75) is 12.8 Å². The normalized spacial score (nSPS) is 9.89. The minimum Gasteiger partial charge on any atom is -0.493 e. The molecule has 0 saturated heterocycles. The van der Waals surface area contributed by atoms with E-state index in [1.54, 1.807) is 0 Å². The SMILES string of the molecule is COC(=O)CCC(=O)Nc1cc(Cl)cc(Cl)c1OC. The number of benzene rings is 1. The maximum atomic E-state index is 11.7. The van der Waals surface area contributed by atoms with Crippen LogP contribution in [0.1, 0.15) is 12.8 Å². The van der Waals surface area contributed by atoms with Crippen LogP contribution in [0, 0.1) is 0 Å². The summed E-state index contributed by atoms with van der Waals surface area (Å²) in [6.07, 6.45) is -0.00108. The number of hydrogen-bond acceptors (Lipinski definition) is 4. The Kier molecular flexibility index (Phi) is 5.92. The molecule has 1 rings (SSSR count). The van der Waals surface area contributed by atoms with Crippen LogP contribution in [0.25, 0.3) is 0 Å². The number of amides is 1. The zero-order chi connectivity index (χ0) is 14.4. The lowest BCUT2D eigenvalue weighted by molar-refractivity contribution is -0.141. The van der Waals surface area contributed by atoms with Gasteiger partial charge in [0.2, 0.25) is 5.91 Å². The Balaban J connectivity index is 2.76. The van der Waals surface area contributed by atoms with E-state index in [1.165, 1.54) is 26.4 Å². The number of methoxy groups -OCH3 is 2. The Labute approximate surface area is 120 Å². The molecular formula is C12H13Cl2NO4. The van der Waals surface area contributed by atoms with Crippen molar-refractivity contribution < 1.29 is 19.1 Å². The number of carbonyl (C=O) groups excluding carboxylic acids is 2. The van der Waals surface area contributed by atoms with E-state index >= 15 is 0 Å². The number of anilines is 1. The molecule has 0 aromatic heterocycles. The van der Waals surface area contributed by atoms with E-state index in [9.17, 15) is 9.59 Å². The van der Waals surface area contributed by atoms with E-state index in [-0.39, 0.29) is 18.7 Å². The molecule has 7 heteroatoms. The van der Waals surface area contributed by atoms with Gasteiger partial charge in [-0.3, -0.25) is 9.59 Å². The summed E-state index contributed by atoms with van der Waals surface area (Å²) in [5.41, 5.74) is 0.356. The zero-order valence-electron chi connectivity index (χ0n) is 10.5. The van der Waals surface area contributed by atoms with Crippen LogP contribution in [0.2, 0.25) is 10.0 Å². The maximum absolute atomic E-state index is 11.7. The van der Waals surface area contributed by atoms with Crippen molar-refractivity contribution in [1.29, 1.82) is 0 Å². The van der Waals surface area contributed by atoms with Gasteiger partial charge >= 0.3 is 5.97 Å². The van der Waals surface area contributed by atoms with Crippen LogP contribution in [-0.2, 0) is 14.3 Å². The van der Waals surface area contributed by atoms with Crippen LogP contribution in [0.4, 0.5) is 5.69 Å². The molecule has 19 heavy (non-hydrogen) atoms. The largest absolute Gasteiger partial charge is 0.493 e. The molecule has 5 nitrogen and oxygen atoms in total. The number of ether oxygens (including phenoxy) is 2. The first kappa shape index (κ1) is 15.6. The summed E-state index contributed by atoms with van der Waals surface area (Å²) in [6.45, 7) is 0. The van der Waals surface area contributed by atoms with Gasteiger partial charge < -0.3 is 14.8 Å². The molecule has 1 amide bonds. The topological polar surface area (TPSA) is 64.6 Å². The molecule has 1 aromatic carbocycles. The molecule has 0 aliphatic rings. The van der Waals surface area contributed by atoms with E-state index in [1.807, 2.05) is 0 Å². The molecule has 104 valence electrons. The van der Waals surface area contributed by atoms with Crippen molar-refractivity contribution in [3.8, 4) is 5.75 Å². The minimum atomic E-state index is -0.453. The van der Waals surface area contributed by atoms with Gasteiger partial charge in [0, 0.05) is 11.4 Å². The monoisotopic (exact) mass is 305 g/mol. The molecule has 0 fully saturated rings. The highest BCUT2D eigenvalue weighted by Gasteiger charge is 2.13. The summed E-state index contributed by atoms with van der Waals surface area (Å²) in [6, 6.07) is 3.02. The first-order valence-corrected chi connectivity index (χ1v) is 6.13. The van der Waals surface area contributed by atoms with Gasteiger partial charge in [-0.1, -0.05) is 23.2 Å². The van der Waals surface area contributed by atoms with Crippen molar-refractivity contribution in [2.24, 2.45) is 0 Å². The van der Waals surface area contributed by atoms with Crippen molar-refractivity contribution in [3.05, 3.63) is 22.2 Å². The van der Waals surface area contributed by atoms with Crippen LogP contribution < -0.4 is 10.1 Å². The summed E-state index contributed by atoms with van der Waals surface area (Å²) in [5.74, 6) is -0.495. The molecule has 0 bridgehead atoms. The van der Waals surface area contributed by atoms with E-state index in [4.69, 9.17) is 27.9 Å². The lowest BCUT2D eigenvalue weighted by Crippen LogP contribution is -2.14. The van der Waals surface area contributed by atoms with E-state index in [0.29, 0.717) is 21.5 Å². The average molecular weight is 306 g/mol. The number of carbonyl (C=O) groups is 2. The highest BCUT2D eigenvalue weighted by atomic mass is 35.5. The van der Waals surface area contributed by atoms with Gasteiger partial charge in [-0.2, -0.15) is 0 Å². The smallest absolute Gasteiger partial charge is 0.306 e. The van der Waals surface area contributed by atoms with Crippen molar-refractivity contribution in [2.75, 3.05) is 19.5 Å². The van der Waals surface area contributed by atoms with Crippen molar-refractivity contribution in [3.63, 3.8) is 0 Å². The average Bonchev–Trinajstić information content (AvgIpc) is 2.35. The Hall–Kier alpha value is -1.46. The minimum absolute atomic E-state index is 0.0000397. The van der Waals surface area contributed by atoms with Crippen LogP contribution in [0.5, 0.6) is 5.75 Å². The molecule has 0 aliphatic heterocycles. The molecule has 0 unspecified atom stereocenters. The van der Waals surface area contributed by atoms with Gasteiger partial charge in [-0.05, 0) is 12.1 Å². The third kappa shape index (κ3) is 4.61. The zero-order valence-corrected chi connectivity index (χ0v) is 12.0. The predicted molar refractivity (Wildman–Crippen MR) is 72.9 cm³/mol. The van der Waals surface area contributed by atoms with Gasteiger partial charge in [0.1, 0.15) is 0 Å². The summed E-state index contributed by atoms with van der Waals surface area (Å²) >= 11 is 11.8. The highest BCUT2D eigenvalue weighted by Crippen LogP contribution is 2.36. The first-order chi connectivity index (χ1) is 8.97. The quantitative estimate of drug-likeness (QED) is 0.850. The number of hydrogen-bond donors (Lipinski definition) is 1. The molecule has 0 radical (unpaired) electrons. The molecule has 0 spiro atoms. The molecule has 0 atom stereocenters. The maximum Gasteiger partial charge on any atom is 0.306 e. The summed E-state index contributed by atoms with van der Waals surface area (Å²) in [5, 5.41) is 3.24. The van der Waals surface area contributed by atoms with Crippen LogP contribution >= 0.6 is 23.2 Å². The summed E-state index contributed by atoms with van der Waals surface area (Å²) in [4.78, 5) is 22.6. The Bertz CT molecular complexity index is 491. The second kappa shape index (κ2) is 7.21. The van der Waals surface area contributed by atoms with Gasteiger partial charge in [0.05, 0.1) is 31.4 Å². The number of esters is 1. The van der Waals surface area contributed by atoms with E-state index < -0.39 is 5.97 Å². The lowest BCUT2D eigenvalue weighted by Gasteiger charge is -2.12. The van der Waals surface area contributed by atoms with Crippen molar-refractivity contribution in [1.82, 2.24) is 0 Å². The molecule has 0 aliphatic carbocycles. The van der Waals surface area contributed by atoms with E-state index in [0.717, 1.165) is 0 Å². The molecular weight excluding hydrogens is 293 g/mol.